The maximum atomic E-state index is 13.4. The number of nitrogens with zero attached hydrogens (tertiary/aromatic N) is 2. The molecule has 2 amide bonds. The first-order valence-corrected chi connectivity index (χ1v) is 12.5. The largest absolute Gasteiger partial charge is 0.497 e. The molecule has 1 fully saturated rings. The average Bonchev–Trinajstić information content (AvgIpc) is 3.32. The molecule has 1 atom stereocenters. The number of fused-ring (bicyclic) bond motifs is 2. The molecule has 3 N–H and O–H groups in total. The number of carbonyl (C=O) groups excluding carboxylic acids is 2. The molecule has 1 aromatic carbocycles. The van der Waals surface area contributed by atoms with Crippen LogP contribution in [-0.4, -0.2) is 71.5 Å². The van der Waals surface area contributed by atoms with Gasteiger partial charge < -0.3 is 25.3 Å². The van der Waals surface area contributed by atoms with E-state index in [1.807, 2.05) is 11.2 Å². The number of amides is 2. The molecule has 2 aliphatic heterocycles. The van der Waals surface area contributed by atoms with Crippen molar-refractivity contribution in [2.45, 2.75) is 37.3 Å². The number of imidazole rings is 1. The average molecular weight is 458 g/mol. The van der Waals surface area contributed by atoms with Crippen LogP contribution in [0.3, 0.4) is 0 Å². The minimum absolute atomic E-state index is 0.0109. The normalized spacial score (nSPS) is 18.1. The van der Waals surface area contributed by atoms with Crippen molar-refractivity contribution in [3.63, 3.8) is 0 Å². The summed E-state index contributed by atoms with van der Waals surface area (Å²) in [5.74, 6) is 1.14. The molecule has 9 heteroatoms. The topological polar surface area (TPSA) is 99.4 Å². The second kappa shape index (κ2) is 9.95. The molecule has 1 spiro atoms. The summed E-state index contributed by atoms with van der Waals surface area (Å²) < 4.78 is 5.22. The number of H-pyrrole nitrogens is 1. The number of rotatable bonds is 7. The molecule has 3 heterocycles. The summed E-state index contributed by atoms with van der Waals surface area (Å²) in [6, 6.07) is 6.44. The molecule has 0 radical (unpaired) electrons. The number of benzene rings is 1. The maximum Gasteiger partial charge on any atom is 0.252 e. The van der Waals surface area contributed by atoms with Crippen LogP contribution in [0.2, 0.25) is 0 Å². The number of hydrogen-bond acceptors (Lipinski definition) is 6. The number of thioether (sulfide) groups is 1. The van der Waals surface area contributed by atoms with Gasteiger partial charge in [-0.1, -0.05) is 6.07 Å². The van der Waals surface area contributed by atoms with Crippen LogP contribution in [0.1, 0.15) is 41.0 Å². The smallest absolute Gasteiger partial charge is 0.252 e. The number of aromatic nitrogens is 2. The molecule has 2 aromatic rings. The van der Waals surface area contributed by atoms with Crippen molar-refractivity contribution in [1.82, 2.24) is 25.5 Å². The van der Waals surface area contributed by atoms with Crippen LogP contribution in [-0.2, 0) is 16.8 Å². The van der Waals surface area contributed by atoms with E-state index in [0.717, 1.165) is 37.3 Å². The number of piperidine rings is 1. The summed E-state index contributed by atoms with van der Waals surface area (Å²) in [7, 11) is 1.57. The number of carbonyl (C=O) groups is 2. The van der Waals surface area contributed by atoms with Crippen molar-refractivity contribution < 1.29 is 14.3 Å². The predicted molar refractivity (Wildman–Crippen MR) is 125 cm³/mol. The molecule has 0 bridgehead atoms. The summed E-state index contributed by atoms with van der Waals surface area (Å²) in [5, 5.41) is 6.63. The fourth-order valence-electron chi connectivity index (χ4n) is 4.68. The molecular weight excluding hydrogens is 426 g/mol. The van der Waals surface area contributed by atoms with Gasteiger partial charge in [-0.15, -0.1) is 0 Å². The van der Waals surface area contributed by atoms with E-state index in [4.69, 9.17) is 4.74 Å². The van der Waals surface area contributed by atoms with E-state index in [1.165, 1.54) is 5.69 Å². The van der Waals surface area contributed by atoms with Crippen molar-refractivity contribution in [2.75, 3.05) is 38.8 Å². The number of hydrogen-bond donors (Lipinski definition) is 3. The Labute approximate surface area is 192 Å². The molecule has 32 heavy (non-hydrogen) atoms. The van der Waals surface area contributed by atoms with Crippen LogP contribution in [0.25, 0.3) is 0 Å². The molecular formula is C23H31N5O3S. The molecule has 8 nitrogen and oxygen atoms in total. The highest BCUT2D eigenvalue weighted by Gasteiger charge is 2.42. The molecule has 172 valence electrons. The van der Waals surface area contributed by atoms with Crippen LogP contribution in [0.15, 0.2) is 30.6 Å². The lowest BCUT2D eigenvalue weighted by molar-refractivity contribution is -0.135. The Morgan fingerprint density at radius 2 is 2.16 bits per heavy atom. The number of ether oxygens (including phenoxy) is 1. The number of aromatic amines is 1. The van der Waals surface area contributed by atoms with E-state index in [1.54, 1.807) is 49.5 Å². The molecule has 0 aliphatic carbocycles. The first kappa shape index (κ1) is 22.7. The third kappa shape index (κ3) is 4.63. The van der Waals surface area contributed by atoms with E-state index in [-0.39, 0.29) is 17.4 Å². The lowest BCUT2D eigenvalue weighted by Crippen LogP contribution is -2.57. The Morgan fingerprint density at radius 3 is 2.91 bits per heavy atom. The fraction of sp³-hybridized carbons (Fsp3) is 0.522. The third-order valence-electron chi connectivity index (χ3n) is 6.48. The monoisotopic (exact) mass is 457 g/mol. The zero-order valence-corrected chi connectivity index (χ0v) is 19.5. The van der Waals surface area contributed by atoms with Gasteiger partial charge in [-0.2, -0.15) is 11.8 Å². The van der Waals surface area contributed by atoms with Gasteiger partial charge in [-0.25, -0.2) is 4.98 Å². The zero-order chi connectivity index (χ0) is 22.6. The lowest BCUT2D eigenvalue weighted by atomic mass is 9.80. The van der Waals surface area contributed by atoms with Gasteiger partial charge in [0, 0.05) is 37.3 Å². The zero-order valence-electron chi connectivity index (χ0n) is 18.6. The second-order valence-electron chi connectivity index (χ2n) is 8.35. The van der Waals surface area contributed by atoms with Gasteiger partial charge in [-0.3, -0.25) is 9.59 Å². The Morgan fingerprint density at radius 1 is 1.34 bits per heavy atom. The first-order chi connectivity index (χ1) is 15.6. The van der Waals surface area contributed by atoms with Crippen LogP contribution in [0, 0.1) is 0 Å². The lowest BCUT2D eigenvalue weighted by Gasteiger charge is -2.44. The summed E-state index contributed by atoms with van der Waals surface area (Å²) in [6.45, 7) is 2.20. The molecule has 0 saturated carbocycles. The Balaban J connectivity index is 1.43. The Hall–Kier alpha value is -2.52. The summed E-state index contributed by atoms with van der Waals surface area (Å²) in [4.78, 5) is 36.0. The second-order valence-corrected chi connectivity index (χ2v) is 9.34. The van der Waals surface area contributed by atoms with Gasteiger partial charge >= 0.3 is 0 Å². The van der Waals surface area contributed by atoms with Crippen molar-refractivity contribution in [3.8, 4) is 5.75 Å². The van der Waals surface area contributed by atoms with E-state index in [2.05, 4.69) is 20.6 Å². The number of methoxy groups -OCH3 is 1. The van der Waals surface area contributed by atoms with Crippen molar-refractivity contribution in [3.05, 3.63) is 47.5 Å². The van der Waals surface area contributed by atoms with Gasteiger partial charge in [0.25, 0.3) is 5.91 Å². The van der Waals surface area contributed by atoms with Crippen LogP contribution < -0.4 is 15.4 Å². The van der Waals surface area contributed by atoms with Crippen molar-refractivity contribution >= 4 is 23.6 Å². The number of nitrogens with one attached hydrogen (secondary N) is 3. The van der Waals surface area contributed by atoms with Gasteiger partial charge in [0.15, 0.2) is 0 Å². The third-order valence-corrected chi connectivity index (χ3v) is 7.13. The predicted octanol–water partition coefficient (Wildman–Crippen LogP) is 1.93. The highest BCUT2D eigenvalue weighted by atomic mass is 32.2. The molecule has 1 saturated heterocycles. The van der Waals surface area contributed by atoms with Crippen molar-refractivity contribution in [1.29, 1.82) is 0 Å². The Bertz CT molecular complexity index is 955. The highest BCUT2D eigenvalue weighted by Crippen LogP contribution is 2.36. The molecule has 4 rings (SSSR count). The SMILES string of the molecule is COc1cccc(C(=O)NC(CCSC)C(=O)N2CCC3(CC2)NCCc2[nH]cnc23)c1. The fourth-order valence-corrected chi connectivity index (χ4v) is 5.15. The minimum Gasteiger partial charge on any atom is -0.497 e. The van der Waals surface area contributed by atoms with Crippen molar-refractivity contribution in [2.24, 2.45) is 0 Å². The highest BCUT2D eigenvalue weighted by molar-refractivity contribution is 7.98. The van der Waals surface area contributed by atoms with Crippen LogP contribution in [0.5, 0.6) is 5.75 Å². The van der Waals surface area contributed by atoms with E-state index >= 15 is 0 Å². The maximum absolute atomic E-state index is 13.4. The van der Waals surface area contributed by atoms with Crippen LogP contribution in [0.4, 0.5) is 0 Å². The van der Waals surface area contributed by atoms with Gasteiger partial charge in [0.05, 0.1) is 24.7 Å². The van der Waals surface area contributed by atoms with Gasteiger partial charge in [0.1, 0.15) is 11.8 Å². The summed E-state index contributed by atoms with van der Waals surface area (Å²) in [6.07, 6.45) is 6.95. The van der Waals surface area contributed by atoms with E-state index in [9.17, 15) is 9.59 Å². The minimum atomic E-state index is -0.546. The van der Waals surface area contributed by atoms with Gasteiger partial charge in [0.2, 0.25) is 5.91 Å². The summed E-state index contributed by atoms with van der Waals surface area (Å²) in [5.41, 5.74) is 2.62. The summed E-state index contributed by atoms with van der Waals surface area (Å²) >= 11 is 1.67. The standard InChI is InChI=1S/C23H31N5O3S/c1-31-17-5-3-4-16(14-17)21(29)27-19(7-13-32-2)22(30)28-11-8-23(9-12-28)20-18(6-10-26-23)24-15-25-20/h3-5,14-15,19,26H,6-13H2,1-2H3,(H,24,25)(H,27,29). The first-order valence-electron chi connectivity index (χ1n) is 11.1. The van der Waals surface area contributed by atoms with Gasteiger partial charge in [-0.05, 0) is 49.5 Å². The van der Waals surface area contributed by atoms with Crippen LogP contribution >= 0.6 is 11.8 Å². The van der Waals surface area contributed by atoms with E-state index in [0.29, 0.717) is 30.8 Å². The quantitative estimate of drug-likeness (QED) is 0.588. The molecule has 2 aliphatic rings. The Kier molecular flexibility index (Phi) is 7.05. The van der Waals surface area contributed by atoms with E-state index < -0.39 is 6.04 Å². The number of likely N-dealkylation sites (tertiary alicyclic amines) is 1. The molecule has 1 aromatic heterocycles. The molecule has 1 unspecified atom stereocenters.